The molecule has 4 aromatic rings. The lowest BCUT2D eigenvalue weighted by molar-refractivity contribution is 0.628. The molecule has 0 aliphatic heterocycles. The summed E-state index contributed by atoms with van der Waals surface area (Å²) in [5.74, 6) is -0.270. The van der Waals surface area contributed by atoms with E-state index in [0.29, 0.717) is 0 Å². The minimum atomic E-state index is -0.270. The van der Waals surface area contributed by atoms with Crippen LogP contribution in [0, 0.1) is 12.7 Å². The molecule has 0 bridgehead atoms. The largest absolute Gasteiger partial charge is 0.279 e. The van der Waals surface area contributed by atoms with Gasteiger partial charge in [-0.3, -0.25) is 10.9 Å². The number of hydrogen-bond donors (Lipinski definition) is 2. The van der Waals surface area contributed by atoms with E-state index < -0.39 is 0 Å². The maximum absolute atomic E-state index is 12.9. The average Bonchev–Trinajstić information content (AvgIpc) is 2.82. The lowest BCUT2D eigenvalue weighted by atomic mass is 10.0. The van der Waals surface area contributed by atoms with Crippen LogP contribution >= 0.6 is 0 Å². The fraction of sp³-hybridized carbons (Fsp3) is 0.0370. The van der Waals surface area contributed by atoms with Gasteiger partial charge in [-0.15, -0.1) is 0 Å². The third-order valence-corrected chi connectivity index (χ3v) is 4.84. The van der Waals surface area contributed by atoms with Crippen molar-refractivity contribution < 1.29 is 4.39 Å². The summed E-state index contributed by atoms with van der Waals surface area (Å²) in [4.78, 5) is 0. The second kappa shape index (κ2) is 10.2. The van der Waals surface area contributed by atoms with Crippen molar-refractivity contribution in [3.8, 4) is 11.1 Å². The first-order chi connectivity index (χ1) is 15.7. The Kier molecular flexibility index (Phi) is 6.68. The van der Waals surface area contributed by atoms with E-state index in [9.17, 15) is 4.39 Å². The smallest absolute Gasteiger partial charge is 0.123 e. The SMILES string of the molecule is Cc1ccc(N/N=C/c2cccc(-c3ccc(/C=N/Nc4ccc(F)cc4)cc3)c2)cc1. The van der Waals surface area contributed by atoms with Crippen LogP contribution < -0.4 is 10.9 Å². The lowest BCUT2D eigenvalue weighted by Gasteiger charge is -2.04. The molecule has 0 atom stereocenters. The number of halogens is 1. The molecule has 4 rings (SSSR count). The summed E-state index contributed by atoms with van der Waals surface area (Å²) in [6, 6.07) is 30.5. The molecule has 5 heteroatoms. The van der Waals surface area contributed by atoms with Crippen molar-refractivity contribution in [3.05, 3.63) is 120 Å². The Morgan fingerprint density at radius 2 is 1.22 bits per heavy atom. The predicted molar refractivity (Wildman–Crippen MR) is 132 cm³/mol. The molecule has 0 heterocycles. The maximum atomic E-state index is 12.9. The van der Waals surface area contributed by atoms with E-state index in [-0.39, 0.29) is 5.82 Å². The standard InChI is InChI=1S/C27H23FN4/c1-20-5-13-26(14-6-20)31-30-19-22-3-2-4-24(17-22)23-9-7-21(8-10-23)18-29-32-27-15-11-25(28)12-16-27/h2-19,31-32H,1H3/b29-18+,30-19+. The van der Waals surface area contributed by atoms with Gasteiger partial charge in [0.05, 0.1) is 23.8 Å². The van der Waals surface area contributed by atoms with Gasteiger partial charge in [0.2, 0.25) is 0 Å². The Bertz CT molecular complexity index is 1210. The van der Waals surface area contributed by atoms with Crippen LogP contribution in [0.2, 0.25) is 0 Å². The minimum Gasteiger partial charge on any atom is -0.279 e. The van der Waals surface area contributed by atoms with Gasteiger partial charge in [0.15, 0.2) is 0 Å². The molecule has 4 aromatic carbocycles. The number of aryl methyl sites for hydroxylation is 1. The highest BCUT2D eigenvalue weighted by atomic mass is 19.1. The first kappa shape index (κ1) is 21.0. The molecule has 0 fully saturated rings. The second-order valence-electron chi connectivity index (χ2n) is 7.36. The molecule has 0 unspecified atom stereocenters. The first-order valence-corrected chi connectivity index (χ1v) is 10.3. The van der Waals surface area contributed by atoms with Gasteiger partial charge in [-0.1, -0.05) is 60.2 Å². The van der Waals surface area contributed by atoms with Gasteiger partial charge >= 0.3 is 0 Å². The quantitative estimate of drug-likeness (QED) is 0.257. The lowest BCUT2D eigenvalue weighted by Crippen LogP contribution is -1.92. The van der Waals surface area contributed by atoms with Crippen molar-refractivity contribution >= 4 is 23.8 Å². The van der Waals surface area contributed by atoms with Crippen LogP contribution in [-0.2, 0) is 0 Å². The molecule has 158 valence electrons. The number of rotatable bonds is 7. The number of hydrazone groups is 2. The molecule has 0 saturated carbocycles. The van der Waals surface area contributed by atoms with E-state index in [4.69, 9.17) is 0 Å². The Hall–Kier alpha value is -4.25. The second-order valence-corrected chi connectivity index (χ2v) is 7.36. The molecule has 0 aliphatic carbocycles. The van der Waals surface area contributed by atoms with E-state index in [0.717, 1.165) is 33.6 Å². The van der Waals surface area contributed by atoms with Crippen LogP contribution in [-0.4, -0.2) is 12.4 Å². The number of hydrogen-bond acceptors (Lipinski definition) is 4. The topological polar surface area (TPSA) is 48.8 Å². The molecule has 0 aromatic heterocycles. The van der Waals surface area contributed by atoms with Gasteiger partial charge in [-0.05, 0) is 71.6 Å². The summed E-state index contributed by atoms with van der Waals surface area (Å²) in [5.41, 5.74) is 13.0. The summed E-state index contributed by atoms with van der Waals surface area (Å²) >= 11 is 0. The molecular weight excluding hydrogens is 399 g/mol. The van der Waals surface area contributed by atoms with Crippen molar-refractivity contribution in [1.82, 2.24) is 0 Å². The highest BCUT2D eigenvalue weighted by molar-refractivity contribution is 5.84. The van der Waals surface area contributed by atoms with E-state index >= 15 is 0 Å². The van der Waals surface area contributed by atoms with Crippen molar-refractivity contribution in [3.63, 3.8) is 0 Å². The van der Waals surface area contributed by atoms with Crippen molar-refractivity contribution in [2.75, 3.05) is 10.9 Å². The molecule has 32 heavy (non-hydrogen) atoms. The zero-order valence-corrected chi connectivity index (χ0v) is 17.7. The van der Waals surface area contributed by atoms with Crippen LogP contribution in [0.3, 0.4) is 0 Å². The number of anilines is 2. The van der Waals surface area contributed by atoms with E-state index in [1.165, 1.54) is 17.7 Å². The molecule has 4 nitrogen and oxygen atoms in total. The predicted octanol–water partition coefficient (Wildman–Crippen LogP) is 6.69. The van der Waals surface area contributed by atoms with Crippen molar-refractivity contribution in [2.24, 2.45) is 10.2 Å². The summed E-state index contributed by atoms with van der Waals surface area (Å²) in [6.07, 6.45) is 3.54. The van der Waals surface area contributed by atoms with Gasteiger partial charge < -0.3 is 0 Å². The maximum Gasteiger partial charge on any atom is 0.123 e. The highest BCUT2D eigenvalue weighted by Gasteiger charge is 1.99. The Balaban J connectivity index is 1.38. The average molecular weight is 423 g/mol. The molecule has 0 radical (unpaired) electrons. The normalized spacial score (nSPS) is 11.2. The third-order valence-electron chi connectivity index (χ3n) is 4.84. The Labute approximate surface area is 187 Å². The molecule has 0 aliphatic rings. The highest BCUT2D eigenvalue weighted by Crippen LogP contribution is 2.20. The zero-order chi connectivity index (χ0) is 22.2. The summed E-state index contributed by atoms with van der Waals surface area (Å²) < 4.78 is 12.9. The van der Waals surface area contributed by atoms with E-state index in [1.54, 1.807) is 18.3 Å². The van der Waals surface area contributed by atoms with Crippen LogP contribution in [0.15, 0.2) is 107 Å². The molecule has 0 amide bonds. The first-order valence-electron chi connectivity index (χ1n) is 10.3. The Morgan fingerprint density at radius 1 is 0.625 bits per heavy atom. The summed E-state index contributed by atoms with van der Waals surface area (Å²) in [6.45, 7) is 2.06. The number of nitrogens with one attached hydrogen (secondary N) is 2. The molecular formula is C27H23FN4. The summed E-state index contributed by atoms with van der Waals surface area (Å²) in [5, 5.41) is 8.53. The minimum absolute atomic E-state index is 0.270. The van der Waals surface area contributed by atoms with Gasteiger partial charge in [-0.25, -0.2) is 4.39 Å². The van der Waals surface area contributed by atoms with E-state index in [1.807, 2.05) is 54.7 Å². The van der Waals surface area contributed by atoms with Crippen LogP contribution in [0.5, 0.6) is 0 Å². The molecule has 0 saturated heterocycles. The Morgan fingerprint density at radius 3 is 1.88 bits per heavy atom. The molecule has 0 spiro atoms. The van der Waals surface area contributed by atoms with Crippen LogP contribution in [0.25, 0.3) is 11.1 Å². The monoisotopic (exact) mass is 422 g/mol. The fourth-order valence-electron chi connectivity index (χ4n) is 3.08. The van der Waals surface area contributed by atoms with Crippen LogP contribution in [0.1, 0.15) is 16.7 Å². The van der Waals surface area contributed by atoms with Gasteiger partial charge in [-0.2, -0.15) is 10.2 Å². The van der Waals surface area contributed by atoms with Gasteiger partial charge in [0, 0.05) is 0 Å². The van der Waals surface area contributed by atoms with Crippen LogP contribution in [0.4, 0.5) is 15.8 Å². The fourth-order valence-corrected chi connectivity index (χ4v) is 3.08. The van der Waals surface area contributed by atoms with Gasteiger partial charge in [0.1, 0.15) is 5.82 Å². The number of nitrogens with zero attached hydrogens (tertiary/aromatic N) is 2. The molecule has 2 N–H and O–H groups in total. The van der Waals surface area contributed by atoms with Crippen molar-refractivity contribution in [1.29, 1.82) is 0 Å². The number of benzene rings is 4. The van der Waals surface area contributed by atoms with Crippen molar-refractivity contribution in [2.45, 2.75) is 6.92 Å². The zero-order valence-electron chi connectivity index (χ0n) is 17.7. The van der Waals surface area contributed by atoms with Gasteiger partial charge in [0.25, 0.3) is 0 Å². The van der Waals surface area contributed by atoms with E-state index in [2.05, 4.69) is 52.2 Å². The summed E-state index contributed by atoms with van der Waals surface area (Å²) in [7, 11) is 0. The third kappa shape index (κ3) is 5.89.